The zero-order valence-corrected chi connectivity index (χ0v) is 11.6. The summed E-state index contributed by atoms with van der Waals surface area (Å²) >= 11 is 5.09. The van der Waals surface area contributed by atoms with Gasteiger partial charge < -0.3 is 10.1 Å². The standard InChI is InChI=1S/C12H16N4O3S/c17-16(18)11-6-2-1-5-10(11)14-15-12(20)13-8-9-4-3-7-19-9/h1-2,5-6,9,14H,3-4,7-8H2,(H2,13,15,20)/t9-/m1/s1. The highest BCUT2D eigenvalue weighted by Crippen LogP contribution is 2.22. The molecule has 1 aromatic rings. The molecule has 1 aromatic carbocycles. The van der Waals surface area contributed by atoms with E-state index in [0.29, 0.717) is 17.3 Å². The van der Waals surface area contributed by atoms with Crippen LogP contribution in [0.3, 0.4) is 0 Å². The molecule has 0 amide bonds. The van der Waals surface area contributed by atoms with E-state index in [9.17, 15) is 10.1 Å². The normalized spacial score (nSPS) is 17.5. The topological polar surface area (TPSA) is 88.5 Å². The summed E-state index contributed by atoms with van der Waals surface area (Å²) in [5, 5.41) is 14.2. The Kier molecular flexibility index (Phi) is 5.08. The molecule has 3 N–H and O–H groups in total. The second kappa shape index (κ2) is 7.01. The predicted octanol–water partition coefficient (Wildman–Crippen LogP) is 1.56. The zero-order chi connectivity index (χ0) is 14.4. The van der Waals surface area contributed by atoms with Crippen LogP contribution in [-0.2, 0) is 4.74 Å². The average molecular weight is 296 g/mol. The van der Waals surface area contributed by atoms with Crippen LogP contribution >= 0.6 is 12.2 Å². The summed E-state index contributed by atoms with van der Waals surface area (Å²) in [5.41, 5.74) is 5.81. The van der Waals surface area contributed by atoms with Crippen molar-refractivity contribution in [3.8, 4) is 0 Å². The van der Waals surface area contributed by atoms with Gasteiger partial charge in [0.25, 0.3) is 5.69 Å². The van der Waals surface area contributed by atoms with Gasteiger partial charge in [-0.25, -0.2) is 0 Å². The Morgan fingerprint density at radius 3 is 3.00 bits per heavy atom. The van der Waals surface area contributed by atoms with Gasteiger partial charge in [-0.3, -0.25) is 21.0 Å². The third-order valence-corrected chi connectivity index (χ3v) is 3.17. The van der Waals surface area contributed by atoms with Crippen LogP contribution in [0.5, 0.6) is 0 Å². The number of rotatable bonds is 5. The van der Waals surface area contributed by atoms with Crippen LogP contribution < -0.4 is 16.2 Å². The summed E-state index contributed by atoms with van der Waals surface area (Å²) < 4.78 is 5.46. The number of thiocarbonyl (C=S) groups is 1. The van der Waals surface area contributed by atoms with Crippen molar-refractivity contribution in [2.75, 3.05) is 18.6 Å². The Balaban J connectivity index is 1.79. The molecule has 2 rings (SSSR count). The van der Waals surface area contributed by atoms with E-state index in [1.165, 1.54) is 6.07 Å². The molecule has 0 bridgehead atoms. The van der Waals surface area contributed by atoms with Crippen LogP contribution in [-0.4, -0.2) is 29.3 Å². The molecule has 1 heterocycles. The number of nitro groups is 1. The molecule has 8 heteroatoms. The Morgan fingerprint density at radius 2 is 2.30 bits per heavy atom. The Bertz CT molecular complexity index is 491. The summed E-state index contributed by atoms with van der Waals surface area (Å²) in [4.78, 5) is 10.4. The number of nitro benzene ring substituents is 1. The van der Waals surface area contributed by atoms with Crippen molar-refractivity contribution in [3.05, 3.63) is 34.4 Å². The van der Waals surface area contributed by atoms with Gasteiger partial charge in [0.05, 0.1) is 11.0 Å². The predicted molar refractivity (Wildman–Crippen MR) is 79.4 cm³/mol. The Hall–Kier alpha value is -1.93. The van der Waals surface area contributed by atoms with E-state index in [-0.39, 0.29) is 11.8 Å². The Morgan fingerprint density at radius 1 is 1.50 bits per heavy atom. The molecule has 1 aliphatic rings. The first-order valence-electron chi connectivity index (χ1n) is 6.31. The molecule has 108 valence electrons. The first-order valence-corrected chi connectivity index (χ1v) is 6.72. The first kappa shape index (κ1) is 14.5. The SMILES string of the molecule is O=[N+]([O-])c1ccccc1NNC(=S)NC[C@H]1CCCO1. The number of hydrazine groups is 1. The maximum absolute atomic E-state index is 10.8. The van der Waals surface area contributed by atoms with Crippen molar-refractivity contribution in [2.45, 2.75) is 18.9 Å². The van der Waals surface area contributed by atoms with Gasteiger partial charge in [-0.05, 0) is 31.1 Å². The summed E-state index contributed by atoms with van der Waals surface area (Å²) in [5.74, 6) is 0. The number of anilines is 1. The lowest BCUT2D eigenvalue weighted by atomic mass is 10.2. The van der Waals surface area contributed by atoms with Crippen LogP contribution in [0.4, 0.5) is 11.4 Å². The van der Waals surface area contributed by atoms with Gasteiger partial charge in [0, 0.05) is 19.2 Å². The lowest BCUT2D eigenvalue weighted by molar-refractivity contribution is -0.384. The summed E-state index contributed by atoms with van der Waals surface area (Å²) in [6.45, 7) is 1.42. The van der Waals surface area contributed by atoms with Crippen LogP contribution in [0.2, 0.25) is 0 Å². The van der Waals surface area contributed by atoms with Gasteiger partial charge >= 0.3 is 0 Å². The van der Waals surface area contributed by atoms with E-state index in [1.54, 1.807) is 18.2 Å². The molecule has 0 unspecified atom stereocenters. The van der Waals surface area contributed by atoms with Crippen molar-refractivity contribution in [2.24, 2.45) is 0 Å². The lowest BCUT2D eigenvalue weighted by Crippen LogP contribution is -2.42. The van der Waals surface area contributed by atoms with Gasteiger partial charge in [0.2, 0.25) is 0 Å². The summed E-state index contributed by atoms with van der Waals surface area (Å²) in [6.07, 6.45) is 2.27. The number of ether oxygens (including phenoxy) is 1. The zero-order valence-electron chi connectivity index (χ0n) is 10.8. The maximum Gasteiger partial charge on any atom is 0.294 e. The fourth-order valence-electron chi connectivity index (χ4n) is 1.92. The third-order valence-electron chi connectivity index (χ3n) is 2.93. The highest BCUT2D eigenvalue weighted by Gasteiger charge is 2.15. The fourth-order valence-corrected chi connectivity index (χ4v) is 2.05. The van der Waals surface area contributed by atoms with Crippen LogP contribution in [0.25, 0.3) is 0 Å². The quantitative estimate of drug-likeness (QED) is 0.432. The second-order valence-electron chi connectivity index (χ2n) is 4.37. The van der Waals surface area contributed by atoms with Crippen molar-refractivity contribution in [3.63, 3.8) is 0 Å². The molecular weight excluding hydrogens is 280 g/mol. The molecule has 0 saturated carbocycles. The minimum Gasteiger partial charge on any atom is -0.376 e. The van der Waals surface area contributed by atoms with Crippen molar-refractivity contribution in [1.82, 2.24) is 10.7 Å². The molecule has 0 aliphatic carbocycles. The maximum atomic E-state index is 10.8. The molecule has 1 saturated heterocycles. The van der Waals surface area contributed by atoms with E-state index < -0.39 is 4.92 Å². The number of hydrogen-bond donors (Lipinski definition) is 3. The highest BCUT2D eigenvalue weighted by molar-refractivity contribution is 7.80. The van der Waals surface area contributed by atoms with E-state index in [2.05, 4.69) is 16.2 Å². The summed E-state index contributed by atoms with van der Waals surface area (Å²) in [6, 6.07) is 6.35. The van der Waals surface area contributed by atoms with E-state index in [0.717, 1.165) is 19.4 Å². The molecular formula is C12H16N4O3S. The second-order valence-corrected chi connectivity index (χ2v) is 4.78. The molecule has 0 aromatic heterocycles. The number of para-hydroxylation sites is 2. The average Bonchev–Trinajstić information content (AvgIpc) is 2.96. The largest absolute Gasteiger partial charge is 0.376 e. The number of benzene rings is 1. The number of nitrogens with one attached hydrogen (secondary N) is 3. The van der Waals surface area contributed by atoms with Crippen molar-refractivity contribution in [1.29, 1.82) is 0 Å². The van der Waals surface area contributed by atoms with E-state index >= 15 is 0 Å². The van der Waals surface area contributed by atoms with Crippen LogP contribution in [0, 0.1) is 10.1 Å². The molecule has 0 radical (unpaired) electrons. The molecule has 0 spiro atoms. The van der Waals surface area contributed by atoms with Crippen LogP contribution in [0.15, 0.2) is 24.3 Å². The van der Waals surface area contributed by atoms with E-state index in [4.69, 9.17) is 17.0 Å². The molecule has 1 aliphatic heterocycles. The van der Waals surface area contributed by atoms with Gasteiger partial charge in [-0.2, -0.15) is 0 Å². The highest BCUT2D eigenvalue weighted by atomic mass is 32.1. The fraction of sp³-hybridized carbons (Fsp3) is 0.417. The van der Waals surface area contributed by atoms with Gasteiger partial charge in [-0.15, -0.1) is 0 Å². The lowest BCUT2D eigenvalue weighted by Gasteiger charge is -2.15. The van der Waals surface area contributed by atoms with Crippen molar-refractivity contribution < 1.29 is 9.66 Å². The monoisotopic (exact) mass is 296 g/mol. The van der Waals surface area contributed by atoms with Gasteiger partial charge in [-0.1, -0.05) is 12.1 Å². The van der Waals surface area contributed by atoms with Gasteiger partial charge in [0.1, 0.15) is 5.69 Å². The Labute approximate surface area is 121 Å². The first-order chi connectivity index (χ1) is 9.66. The molecule has 20 heavy (non-hydrogen) atoms. The van der Waals surface area contributed by atoms with Crippen LogP contribution in [0.1, 0.15) is 12.8 Å². The smallest absolute Gasteiger partial charge is 0.294 e. The van der Waals surface area contributed by atoms with Gasteiger partial charge in [0.15, 0.2) is 5.11 Å². The molecule has 1 atom stereocenters. The van der Waals surface area contributed by atoms with Crippen molar-refractivity contribution >= 4 is 28.7 Å². The minimum atomic E-state index is -0.452. The molecule has 1 fully saturated rings. The minimum absolute atomic E-state index is 0.0121. The number of nitrogens with zero attached hydrogens (tertiary/aromatic N) is 1. The summed E-state index contributed by atoms with van der Waals surface area (Å²) in [7, 11) is 0. The third kappa shape index (κ3) is 4.04. The van der Waals surface area contributed by atoms with E-state index in [1.807, 2.05) is 0 Å². The molecule has 7 nitrogen and oxygen atoms in total. The number of hydrogen-bond acceptors (Lipinski definition) is 5.